The summed E-state index contributed by atoms with van der Waals surface area (Å²) in [5.41, 5.74) is -1.13. The fourth-order valence-corrected chi connectivity index (χ4v) is 3.99. The first-order chi connectivity index (χ1) is 7.98. The van der Waals surface area contributed by atoms with Gasteiger partial charge in [-0.1, -0.05) is 6.92 Å². The molecule has 5 nitrogen and oxygen atoms in total. The summed E-state index contributed by atoms with van der Waals surface area (Å²) in [6.45, 7) is 3.39. The topological polar surface area (TPSA) is 63.5 Å². The van der Waals surface area contributed by atoms with Crippen LogP contribution in [0.15, 0.2) is 0 Å². The van der Waals surface area contributed by atoms with E-state index in [4.69, 9.17) is 4.74 Å². The summed E-state index contributed by atoms with van der Waals surface area (Å²) >= 11 is 1.03. The van der Waals surface area contributed by atoms with Crippen LogP contribution in [0.1, 0.15) is 26.7 Å². The third-order valence-electron chi connectivity index (χ3n) is 3.90. The summed E-state index contributed by atoms with van der Waals surface area (Å²) in [4.78, 5) is 36.4. The Bertz CT molecular complexity index is 437. The number of esters is 1. The molecule has 4 atom stereocenters. The summed E-state index contributed by atoms with van der Waals surface area (Å²) in [5.74, 6) is -0.275. The minimum absolute atomic E-state index is 0.0193. The van der Waals surface area contributed by atoms with Crippen molar-refractivity contribution in [2.75, 3.05) is 0 Å². The van der Waals surface area contributed by atoms with Gasteiger partial charge in [0.05, 0.1) is 6.04 Å². The van der Waals surface area contributed by atoms with Crippen LogP contribution in [0, 0.1) is 5.92 Å². The molecule has 3 saturated heterocycles. The number of ether oxygens (including phenoxy) is 1. The maximum atomic E-state index is 12.0. The van der Waals surface area contributed by atoms with E-state index in [-0.39, 0.29) is 29.0 Å². The number of amides is 1. The fourth-order valence-electron chi connectivity index (χ4n) is 3.17. The van der Waals surface area contributed by atoms with Gasteiger partial charge in [0.2, 0.25) is 5.91 Å². The fraction of sp³-hybridized carbons (Fsp3) is 0.727. The minimum atomic E-state index is -0.676. The van der Waals surface area contributed by atoms with Crippen LogP contribution in [-0.2, 0) is 19.1 Å². The highest BCUT2D eigenvalue weighted by molar-refractivity contribution is 8.14. The number of thioether (sulfide) groups is 1. The van der Waals surface area contributed by atoms with Gasteiger partial charge >= 0.3 is 5.97 Å². The zero-order chi connectivity index (χ0) is 12.4. The van der Waals surface area contributed by atoms with E-state index in [2.05, 4.69) is 0 Å². The van der Waals surface area contributed by atoms with Crippen molar-refractivity contribution in [2.24, 2.45) is 5.92 Å². The zero-order valence-electron chi connectivity index (χ0n) is 9.63. The number of carbonyl (C=O) groups excluding carboxylic acids is 3. The Morgan fingerprint density at radius 1 is 1.53 bits per heavy atom. The van der Waals surface area contributed by atoms with E-state index in [0.717, 1.165) is 11.8 Å². The highest BCUT2D eigenvalue weighted by atomic mass is 32.2. The molecule has 0 aromatic heterocycles. The normalized spacial score (nSPS) is 42.9. The molecular formula is C11H13NO4S. The molecule has 17 heavy (non-hydrogen) atoms. The third kappa shape index (κ3) is 1.24. The Hall–Kier alpha value is -1.04. The lowest BCUT2D eigenvalue weighted by molar-refractivity contribution is -0.154. The maximum Gasteiger partial charge on any atom is 0.335 e. The number of rotatable bonds is 1. The molecular weight excluding hydrogens is 242 g/mol. The van der Waals surface area contributed by atoms with E-state index in [1.807, 2.05) is 6.92 Å². The molecule has 0 aromatic carbocycles. The van der Waals surface area contributed by atoms with E-state index in [1.165, 1.54) is 6.92 Å². The molecule has 0 aromatic rings. The second kappa shape index (κ2) is 3.25. The first-order valence-corrected chi connectivity index (χ1v) is 6.57. The van der Waals surface area contributed by atoms with Crippen LogP contribution in [0.25, 0.3) is 0 Å². The number of fused-ring (bicyclic) bond motifs is 1. The standard InChI is InChI=1S/C11H13NO4S/c1-5-8-11(4-3-7(14)12(8)11)10(15)16-9(5)17-6(2)13/h5,8-9H,3-4H2,1-2H3/t5?,8?,9?,11-,12?/m1/s1. The lowest BCUT2D eigenvalue weighted by Crippen LogP contribution is -2.43. The van der Waals surface area contributed by atoms with Crippen molar-refractivity contribution in [3.8, 4) is 0 Å². The maximum absolute atomic E-state index is 12.0. The minimum Gasteiger partial charge on any atom is -0.449 e. The number of piperidine rings is 1. The smallest absolute Gasteiger partial charge is 0.335 e. The van der Waals surface area contributed by atoms with Crippen LogP contribution in [0.4, 0.5) is 0 Å². The zero-order valence-corrected chi connectivity index (χ0v) is 10.5. The molecule has 0 aliphatic carbocycles. The molecule has 0 N–H and O–H groups in total. The van der Waals surface area contributed by atoms with Crippen molar-refractivity contribution >= 4 is 28.8 Å². The summed E-state index contributed by atoms with van der Waals surface area (Å²) < 4.78 is 5.33. The van der Waals surface area contributed by atoms with Crippen molar-refractivity contribution in [3.63, 3.8) is 0 Å². The van der Waals surface area contributed by atoms with Gasteiger partial charge in [0, 0.05) is 19.3 Å². The number of cyclic esters (lactones) is 1. The SMILES string of the molecule is CC(=O)SC1OC(=O)[C@]23CCC(=O)N2C3C1C. The van der Waals surface area contributed by atoms with Crippen molar-refractivity contribution in [2.45, 2.75) is 43.7 Å². The molecule has 1 amide bonds. The van der Waals surface area contributed by atoms with Gasteiger partial charge in [-0.2, -0.15) is 0 Å². The quantitative estimate of drug-likeness (QED) is 0.505. The molecule has 0 radical (unpaired) electrons. The number of hydrogen-bond donors (Lipinski definition) is 0. The summed E-state index contributed by atoms with van der Waals surface area (Å²) in [7, 11) is 0. The Morgan fingerprint density at radius 3 is 2.88 bits per heavy atom. The Labute approximate surface area is 103 Å². The first-order valence-electron chi connectivity index (χ1n) is 5.69. The molecule has 92 valence electrons. The van der Waals surface area contributed by atoms with Crippen LogP contribution in [0.2, 0.25) is 0 Å². The molecule has 1 spiro atoms. The molecule has 3 aliphatic heterocycles. The van der Waals surface area contributed by atoms with Gasteiger partial charge in [0.15, 0.2) is 16.1 Å². The second-order valence-electron chi connectivity index (χ2n) is 4.88. The van der Waals surface area contributed by atoms with Gasteiger partial charge in [0.1, 0.15) is 0 Å². The highest BCUT2D eigenvalue weighted by Crippen LogP contribution is 2.58. The van der Waals surface area contributed by atoms with Gasteiger partial charge in [0.25, 0.3) is 0 Å². The molecule has 0 bridgehead atoms. The predicted octanol–water partition coefficient (Wildman–Crippen LogP) is 0.528. The van der Waals surface area contributed by atoms with Gasteiger partial charge in [-0.05, 0) is 18.2 Å². The molecule has 3 aliphatic rings. The number of carbonyl (C=O) groups is 3. The first kappa shape index (κ1) is 11.1. The van der Waals surface area contributed by atoms with Crippen LogP contribution >= 0.6 is 11.8 Å². The number of hydrogen-bond acceptors (Lipinski definition) is 5. The van der Waals surface area contributed by atoms with Gasteiger partial charge in [-0.3, -0.25) is 9.59 Å². The summed E-state index contributed by atoms with van der Waals surface area (Å²) in [6.07, 6.45) is 1.000. The lowest BCUT2D eigenvalue weighted by Gasteiger charge is -2.28. The largest absolute Gasteiger partial charge is 0.449 e. The van der Waals surface area contributed by atoms with Gasteiger partial charge in [-0.15, -0.1) is 0 Å². The van der Waals surface area contributed by atoms with Crippen LogP contribution < -0.4 is 0 Å². The summed E-state index contributed by atoms with van der Waals surface area (Å²) in [6, 6.07) is -0.0538. The van der Waals surface area contributed by atoms with E-state index < -0.39 is 11.0 Å². The number of nitrogens with zero attached hydrogens (tertiary/aromatic N) is 1. The molecule has 3 fully saturated rings. The highest BCUT2D eigenvalue weighted by Gasteiger charge is 2.78. The molecule has 3 unspecified atom stereocenters. The Kier molecular flexibility index (Phi) is 2.12. The Balaban J connectivity index is 1.86. The second-order valence-corrected chi connectivity index (χ2v) is 6.15. The van der Waals surface area contributed by atoms with Crippen molar-refractivity contribution in [1.82, 2.24) is 4.90 Å². The predicted molar refractivity (Wildman–Crippen MR) is 59.9 cm³/mol. The van der Waals surface area contributed by atoms with Crippen molar-refractivity contribution < 1.29 is 19.1 Å². The third-order valence-corrected chi connectivity index (χ3v) is 4.99. The summed E-state index contributed by atoms with van der Waals surface area (Å²) in [5, 5.41) is -0.0715. The average Bonchev–Trinajstić information content (AvgIpc) is 2.83. The van der Waals surface area contributed by atoms with E-state index >= 15 is 0 Å². The molecule has 0 saturated carbocycles. The van der Waals surface area contributed by atoms with Crippen LogP contribution in [-0.4, -0.2) is 38.9 Å². The molecule has 3 rings (SSSR count). The Morgan fingerprint density at radius 2 is 2.24 bits per heavy atom. The van der Waals surface area contributed by atoms with E-state index in [0.29, 0.717) is 12.8 Å². The van der Waals surface area contributed by atoms with Crippen molar-refractivity contribution in [3.05, 3.63) is 0 Å². The average molecular weight is 255 g/mol. The molecule has 3 heterocycles. The molecule has 6 heteroatoms. The van der Waals surface area contributed by atoms with E-state index in [9.17, 15) is 14.4 Å². The van der Waals surface area contributed by atoms with Crippen LogP contribution in [0.5, 0.6) is 0 Å². The van der Waals surface area contributed by atoms with E-state index in [1.54, 1.807) is 4.90 Å². The van der Waals surface area contributed by atoms with Crippen molar-refractivity contribution in [1.29, 1.82) is 0 Å². The van der Waals surface area contributed by atoms with Gasteiger partial charge < -0.3 is 9.64 Å². The van der Waals surface area contributed by atoms with Crippen LogP contribution in [0.3, 0.4) is 0 Å². The monoisotopic (exact) mass is 255 g/mol. The lowest BCUT2D eigenvalue weighted by atomic mass is 9.90. The van der Waals surface area contributed by atoms with Gasteiger partial charge in [-0.25, -0.2) is 4.79 Å².